The van der Waals surface area contributed by atoms with Crippen molar-refractivity contribution in [3.63, 3.8) is 0 Å². The van der Waals surface area contributed by atoms with E-state index in [4.69, 9.17) is 27.8 Å². The van der Waals surface area contributed by atoms with Crippen LogP contribution >= 0.6 is 11.6 Å². The molecule has 0 saturated heterocycles. The molecule has 0 saturated carbocycles. The quantitative estimate of drug-likeness (QED) is 0.675. The van der Waals surface area contributed by atoms with E-state index in [9.17, 15) is 4.79 Å². The molecule has 0 heterocycles. The molecule has 0 aliphatic rings. The van der Waals surface area contributed by atoms with Crippen LogP contribution in [0.4, 0.5) is 0 Å². The summed E-state index contributed by atoms with van der Waals surface area (Å²) in [5.41, 5.74) is 10.8. The number of hydrogen-bond acceptors (Lipinski definition) is 4. The van der Waals surface area contributed by atoms with Crippen LogP contribution in [0.1, 0.15) is 0 Å². The Morgan fingerprint density at radius 2 is 1.88 bits per heavy atom. The molecule has 1 aromatic rings. The van der Waals surface area contributed by atoms with Crippen molar-refractivity contribution in [1.29, 1.82) is 0 Å². The Bertz CT molecular complexity index is 352. The third kappa shape index (κ3) is 5.04. The van der Waals surface area contributed by atoms with Gasteiger partial charge in [-0.25, -0.2) is 0 Å². The Labute approximate surface area is 105 Å². The van der Waals surface area contributed by atoms with Crippen LogP contribution in [0.3, 0.4) is 0 Å². The molecule has 0 unspecified atom stereocenters. The Kier molecular flexibility index (Phi) is 5.76. The van der Waals surface area contributed by atoms with Gasteiger partial charge in [-0.05, 0) is 24.3 Å². The smallest absolute Gasteiger partial charge is 0.258 e. The van der Waals surface area contributed by atoms with E-state index in [0.29, 0.717) is 23.9 Å². The van der Waals surface area contributed by atoms with Gasteiger partial charge in [-0.15, -0.1) is 0 Å². The minimum Gasteiger partial charge on any atom is -0.484 e. The van der Waals surface area contributed by atoms with Gasteiger partial charge >= 0.3 is 0 Å². The molecule has 0 atom stereocenters. The number of carbonyl (C=O) groups is 1. The number of nitrogens with one attached hydrogen (secondary N) is 1. The van der Waals surface area contributed by atoms with Crippen molar-refractivity contribution >= 4 is 17.5 Å². The number of rotatable bonds is 6. The van der Waals surface area contributed by atoms with Crippen LogP contribution < -0.4 is 21.5 Å². The van der Waals surface area contributed by atoms with E-state index in [-0.39, 0.29) is 18.6 Å². The summed E-state index contributed by atoms with van der Waals surface area (Å²) in [6.07, 6.45) is 0. The van der Waals surface area contributed by atoms with Gasteiger partial charge in [0.2, 0.25) is 0 Å². The lowest BCUT2D eigenvalue weighted by Crippen LogP contribution is -2.46. The molecule has 0 aliphatic carbocycles. The van der Waals surface area contributed by atoms with Gasteiger partial charge in [-0.2, -0.15) is 0 Å². The molecule has 0 aliphatic heterocycles. The zero-order chi connectivity index (χ0) is 12.7. The molecule has 17 heavy (non-hydrogen) atoms. The maximum atomic E-state index is 11.4. The molecule has 5 N–H and O–H groups in total. The minimum absolute atomic E-state index is 0.0713. The van der Waals surface area contributed by atoms with Gasteiger partial charge in [0.1, 0.15) is 5.75 Å². The second-order valence-corrected chi connectivity index (χ2v) is 3.91. The molecule has 6 heteroatoms. The van der Waals surface area contributed by atoms with Crippen molar-refractivity contribution in [1.82, 2.24) is 5.32 Å². The van der Waals surface area contributed by atoms with Gasteiger partial charge in [-0.3, -0.25) is 4.79 Å². The Hall–Kier alpha value is -1.30. The molecular weight excluding hydrogens is 242 g/mol. The minimum atomic E-state index is -0.249. The molecule has 0 radical (unpaired) electrons. The topological polar surface area (TPSA) is 90.4 Å². The largest absolute Gasteiger partial charge is 0.484 e. The van der Waals surface area contributed by atoms with Gasteiger partial charge in [0, 0.05) is 18.1 Å². The highest BCUT2D eigenvalue weighted by Gasteiger charge is 2.09. The zero-order valence-corrected chi connectivity index (χ0v) is 10.1. The standard InChI is InChI=1S/C11H16ClN3O2/c12-8-1-3-10(4-2-8)17-7-11(16)15-9(5-13)6-14/h1-4,9H,5-7,13-14H2,(H,15,16). The maximum absolute atomic E-state index is 11.4. The summed E-state index contributed by atoms with van der Waals surface area (Å²) in [6, 6.07) is 6.56. The number of hydrogen-bond donors (Lipinski definition) is 3. The lowest BCUT2D eigenvalue weighted by molar-refractivity contribution is -0.123. The highest BCUT2D eigenvalue weighted by atomic mass is 35.5. The second-order valence-electron chi connectivity index (χ2n) is 3.48. The maximum Gasteiger partial charge on any atom is 0.258 e. The van der Waals surface area contributed by atoms with Crippen molar-refractivity contribution in [3.05, 3.63) is 29.3 Å². The first-order valence-corrected chi connectivity index (χ1v) is 5.61. The molecule has 5 nitrogen and oxygen atoms in total. The molecule has 94 valence electrons. The number of carbonyl (C=O) groups excluding carboxylic acids is 1. The van der Waals surface area contributed by atoms with Crippen molar-refractivity contribution in [2.45, 2.75) is 6.04 Å². The summed E-state index contributed by atoms with van der Waals surface area (Å²) < 4.78 is 5.26. The summed E-state index contributed by atoms with van der Waals surface area (Å²) in [6.45, 7) is 0.546. The normalized spacial score (nSPS) is 10.4. The monoisotopic (exact) mass is 257 g/mol. The van der Waals surface area contributed by atoms with Crippen molar-refractivity contribution in [2.75, 3.05) is 19.7 Å². The number of halogens is 1. The average molecular weight is 258 g/mol. The summed E-state index contributed by atoms with van der Waals surface area (Å²) in [5, 5.41) is 3.28. The SMILES string of the molecule is NCC(CN)NC(=O)COc1ccc(Cl)cc1. The van der Waals surface area contributed by atoms with Gasteiger partial charge in [0.05, 0.1) is 6.04 Å². The summed E-state index contributed by atoms with van der Waals surface area (Å²) >= 11 is 5.72. The number of nitrogens with two attached hydrogens (primary N) is 2. The van der Waals surface area contributed by atoms with Gasteiger partial charge < -0.3 is 21.5 Å². The number of amides is 1. The molecule has 0 aromatic heterocycles. The van der Waals surface area contributed by atoms with E-state index in [1.54, 1.807) is 24.3 Å². The van der Waals surface area contributed by atoms with Crippen molar-refractivity contribution in [2.24, 2.45) is 11.5 Å². The van der Waals surface area contributed by atoms with Crippen LogP contribution in [-0.2, 0) is 4.79 Å². The van der Waals surface area contributed by atoms with Crippen LogP contribution in [-0.4, -0.2) is 31.6 Å². The highest BCUT2D eigenvalue weighted by molar-refractivity contribution is 6.30. The number of ether oxygens (including phenoxy) is 1. The molecule has 0 spiro atoms. The Morgan fingerprint density at radius 3 is 2.41 bits per heavy atom. The third-order valence-corrected chi connectivity index (χ3v) is 2.37. The van der Waals surface area contributed by atoms with Crippen LogP contribution in [0.15, 0.2) is 24.3 Å². The predicted octanol–water partition coefficient (Wildman–Crippen LogP) is 0.121. The van der Waals surface area contributed by atoms with Crippen LogP contribution in [0.2, 0.25) is 5.02 Å². The van der Waals surface area contributed by atoms with E-state index in [0.717, 1.165) is 0 Å². The van der Waals surface area contributed by atoms with Gasteiger partial charge in [0.25, 0.3) is 5.91 Å². The summed E-state index contributed by atoms with van der Waals surface area (Å²) in [7, 11) is 0. The summed E-state index contributed by atoms with van der Waals surface area (Å²) in [5.74, 6) is 0.336. The predicted molar refractivity (Wildman–Crippen MR) is 67.0 cm³/mol. The summed E-state index contributed by atoms with van der Waals surface area (Å²) in [4.78, 5) is 11.4. The fourth-order valence-corrected chi connectivity index (χ4v) is 1.29. The molecule has 1 amide bonds. The van der Waals surface area contributed by atoms with E-state index >= 15 is 0 Å². The molecule has 1 aromatic carbocycles. The lowest BCUT2D eigenvalue weighted by atomic mass is 10.3. The highest BCUT2D eigenvalue weighted by Crippen LogP contribution is 2.15. The first-order chi connectivity index (χ1) is 8.15. The van der Waals surface area contributed by atoms with Crippen molar-refractivity contribution in [3.8, 4) is 5.75 Å². The average Bonchev–Trinajstić information content (AvgIpc) is 2.35. The molecule has 1 rings (SSSR count). The zero-order valence-electron chi connectivity index (χ0n) is 9.36. The van der Waals surface area contributed by atoms with E-state index in [1.165, 1.54) is 0 Å². The van der Waals surface area contributed by atoms with Gasteiger partial charge in [-0.1, -0.05) is 11.6 Å². The number of benzene rings is 1. The molecule has 0 bridgehead atoms. The Balaban J connectivity index is 2.35. The van der Waals surface area contributed by atoms with Crippen molar-refractivity contribution < 1.29 is 9.53 Å². The fourth-order valence-electron chi connectivity index (χ4n) is 1.16. The molecule has 0 fully saturated rings. The Morgan fingerprint density at radius 1 is 1.29 bits per heavy atom. The van der Waals surface area contributed by atoms with Crippen LogP contribution in [0.25, 0.3) is 0 Å². The first kappa shape index (κ1) is 13.8. The van der Waals surface area contributed by atoms with Gasteiger partial charge in [0.15, 0.2) is 6.61 Å². The van der Waals surface area contributed by atoms with E-state index in [2.05, 4.69) is 5.32 Å². The second kappa shape index (κ2) is 7.11. The van der Waals surface area contributed by atoms with E-state index < -0.39 is 0 Å². The van der Waals surface area contributed by atoms with Crippen LogP contribution in [0, 0.1) is 0 Å². The first-order valence-electron chi connectivity index (χ1n) is 5.23. The van der Waals surface area contributed by atoms with Crippen LogP contribution in [0.5, 0.6) is 5.75 Å². The fraction of sp³-hybridized carbons (Fsp3) is 0.364. The lowest BCUT2D eigenvalue weighted by Gasteiger charge is -2.14. The molecular formula is C11H16ClN3O2. The van der Waals surface area contributed by atoms with E-state index in [1.807, 2.05) is 0 Å². The third-order valence-electron chi connectivity index (χ3n) is 2.12.